The number of carbonyl (C=O) groups is 1. The first-order valence-electron chi connectivity index (χ1n) is 8.72. The number of aromatic nitrogens is 4. The molecule has 0 radical (unpaired) electrons. The van der Waals surface area contributed by atoms with Crippen molar-refractivity contribution >= 4 is 50.5 Å². The summed E-state index contributed by atoms with van der Waals surface area (Å²) in [6, 6.07) is 15.2. The molecule has 0 saturated heterocycles. The van der Waals surface area contributed by atoms with Crippen molar-refractivity contribution in [3.05, 3.63) is 75.2 Å². The van der Waals surface area contributed by atoms with Crippen LogP contribution in [0.5, 0.6) is 0 Å². The number of imidazole rings is 1. The number of nitrogens with zero attached hydrogens (tertiary/aromatic N) is 3. The number of anilines is 1. The molecule has 0 aliphatic heterocycles. The summed E-state index contributed by atoms with van der Waals surface area (Å²) >= 11 is 4.63. The highest BCUT2D eigenvalue weighted by Gasteiger charge is 2.17. The average molecular weight is 470 g/mol. The quantitative estimate of drug-likeness (QED) is 0.432. The third-order valence-electron chi connectivity index (χ3n) is 4.15. The van der Waals surface area contributed by atoms with E-state index in [1.165, 1.54) is 18.1 Å². The Labute approximate surface area is 178 Å². The Morgan fingerprint density at radius 3 is 2.79 bits per heavy atom. The third-order valence-corrected chi connectivity index (χ3v) is 5.58. The van der Waals surface area contributed by atoms with E-state index in [9.17, 15) is 9.59 Å². The monoisotopic (exact) mass is 469 g/mol. The normalized spacial score (nSPS) is 11.0. The molecule has 2 heterocycles. The maximum atomic E-state index is 12.4. The standard InChI is InChI=1S/C20H16BrN5O2S/c1-12-5-7-15(8-6-12)26-18-17(19(28)23-11-22-18)25-20(26)29-10-16(27)24-14-4-2-3-13(21)9-14/h2-9,11H,10H2,1H3,(H,24,27)(H,22,23,28). The number of thioether (sulfide) groups is 1. The first-order valence-corrected chi connectivity index (χ1v) is 10.5. The molecule has 0 atom stereocenters. The molecule has 0 spiro atoms. The molecule has 4 aromatic rings. The zero-order valence-corrected chi connectivity index (χ0v) is 17.8. The van der Waals surface area contributed by atoms with E-state index < -0.39 is 0 Å². The number of benzene rings is 2. The summed E-state index contributed by atoms with van der Waals surface area (Å²) in [5, 5.41) is 3.38. The van der Waals surface area contributed by atoms with Crippen LogP contribution in [0.3, 0.4) is 0 Å². The van der Waals surface area contributed by atoms with E-state index in [0.717, 1.165) is 15.7 Å². The predicted octanol–water partition coefficient (Wildman–Crippen LogP) is 3.91. The highest BCUT2D eigenvalue weighted by atomic mass is 79.9. The molecule has 146 valence electrons. The van der Waals surface area contributed by atoms with E-state index in [1.807, 2.05) is 55.5 Å². The van der Waals surface area contributed by atoms with Gasteiger partial charge in [0.25, 0.3) is 5.56 Å². The molecule has 0 aliphatic carbocycles. The maximum Gasteiger partial charge on any atom is 0.278 e. The second-order valence-corrected chi connectivity index (χ2v) is 8.17. The number of H-pyrrole nitrogens is 1. The third kappa shape index (κ3) is 4.25. The fourth-order valence-electron chi connectivity index (χ4n) is 2.80. The second kappa shape index (κ2) is 8.22. The van der Waals surface area contributed by atoms with Crippen LogP contribution < -0.4 is 10.9 Å². The average Bonchev–Trinajstić information content (AvgIpc) is 3.07. The van der Waals surface area contributed by atoms with Gasteiger partial charge >= 0.3 is 0 Å². The summed E-state index contributed by atoms with van der Waals surface area (Å²) in [5.41, 5.74) is 3.02. The van der Waals surface area contributed by atoms with Gasteiger partial charge in [0.1, 0.15) is 0 Å². The number of fused-ring (bicyclic) bond motifs is 1. The van der Waals surface area contributed by atoms with Crippen LogP contribution in [0.25, 0.3) is 16.9 Å². The zero-order chi connectivity index (χ0) is 20.4. The summed E-state index contributed by atoms with van der Waals surface area (Å²) in [7, 11) is 0. The Bertz CT molecular complexity index is 1250. The van der Waals surface area contributed by atoms with Crippen molar-refractivity contribution in [2.45, 2.75) is 12.1 Å². The molecule has 2 aromatic carbocycles. The smallest absolute Gasteiger partial charge is 0.278 e. The van der Waals surface area contributed by atoms with Gasteiger partial charge in [-0.2, -0.15) is 0 Å². The summed E-state index contributed by atoms with van der Waals surface area (Å²) in [6.07, 6.45) is 1.35. The van der Waals surface area contributed by atoms with Gasteiger partial charge in [0.05, 0.1) is 12.1 Å². The molecule has 0 unspecified atom stereocenters. The van der Waals surface area contributed by atoms with Crippen molar-refractivity contribution in [1.29, 1.82) is 0 Å². The lowest BCUT2D eigenvalue weighted by Crippen LogP contribution is -2.14. The minimum absolute atomic E-state index is 0.138. The van der Waals surface area contributed by atoms with E-state index in [2.05, 4.69) is 36.2 Å². The van der Waals surface area contributed by atoms with Crippen molar-refractivity contribution in [2.24, 2.45) is 0 Å². The summed E-state index contributed by atoms with van der Waals surface area (Å²) < 4.78 is 2.68. The Kier molecular flexibility index (Phi) is 5.50. The van der Waals surface area contributed by atoms with E-state index in [0.29, 0.717) is 16.5 Å². The van der Waals surface area contributed by atoms with E-state index >= 15 is 0 Å². The van der Waals surface area contributed by atoms with Gasteiger partial charge < -0.3 is 10.3 Å². The zero-order valence-electron chi connectivity index (χ0n) is 15.3. The molecule has 2 N–H and O–H groups in total. The van der Waals surface area contributed by atoms with Crippen molar-refractivity contribution in [3.63, 3.8) is 0 Å². The molecule has 9 heteroatoms. The Morgan fingerprint density at radius 2 is 2.03 bits per heavy atom. The van der Waals surface area contributed by atoms with Gasteiger partial charge in [-0.1, -0.05) is 51.5 Å². The van der Waals surface area contributed by atoms with Crippen LogP contribution in [-0.2, 0) is 4.79 Å². The number of halogens is 1. The van der Waals surface area contributed by atoms with Crippen molar-refractivity contribution < 1.29 is 4.79 Å². The molecular weight excluding hydrogens is 454 g/mol. The topological polar surface area (TPSA) is 92.7 Å². The molecule has 4 rings (SSSR count). The number of amides is 1. The van der Waals surface area contributed by atoms with Crippen LogP contribution in [0.15, 0.2) is 69.3 Å². The number of nitrogens with one attached hydrogen (secondary N) is 2. The Hall–Kier alpha value is -2.91. The molecule has 0 fully saturated rings. The van der Waals surface area contributed by atoms with Crippen LogP contribution in [0.2, 0.25) is 0 Å². The van der Waals surface area contributed by atoms with Gasteiger partial charge in [0.15, 0.2) is 16.3 Å². The maximum absolute atomic E-state index is 12.4. The SMILES string of the molecule is Cc1ccc(-n2c(SCC(=O)Nc3cccc(Br)c3)nc3c(=O)[nH]cnc32)cc1. The number of aromatic amines is 1. The van der Waals surface area contributed by atoms with Crippen molar-refractivity contribution in [1.82, 2.24) is 19.5 Å². The van der Waals surface area contributed by atoms with Crippen molar-refractivity contribution in [3.8, 4) is 5.69 Å². The lowest BCUT2D eigenvalue weighted by atomic mass is 10.2. The Balaban J connectivity index is 1.63. The fourth-order valence-corrected chi connectivity index (χ4v) is 4.01. The van der Waals surface area contributed by atoms with Crippen molar-refractivity contribution in [2.75, 3.05) is 11.1 Å². The fraction of sp³-hybridized carbons (Fsp3) is 0.100. The molecule has 0 saturated carbocycles. The molecule has 2 aromatic heterocycles. The highest BCUT2D eigenvalue weighted by Crippen LogP contribution is 2.26. The van der Waals surface area contributed by atoms with Gasteiger partial charge in [0, 0.05) is 15.8 Å². The lowest BCUT2D eigenvalue weighted by molar-refractivity contribution is -0.113. The van der Waals surface area contributed by atoms with Gasteiger partial charge in [-0.25, -0.2) is 9.97 Å². The van der Waals surface area contributed by atoms with E-state index in [4.69, 9.17) is 0 Å². The number of aryl methyl sites for hydroxylation is 1. The first kappa shape index (κ1) is 19.4. The van der Waals surface area contributed by atoms with Crippen LogP contribution in [-0.4, -0.2) is 31.2 Å². The van der Waals surface area contributed by atoms with Gasteiger partial charge in [-0.15, -0.1) is 0 Å². The van der Waals surface area contributed by atoms with Gasteiger partial charge in [-0.05, 0) is 37.3 Å². The molecule has 0 bridgehead atoms. The second-order valence-electron chi connectivity index (χ2n) is 6.32. The number of rotatable bonds is 5. The largest absolute Gasteiger partial charge is 0.325 e. The van der Waals surface area contributed by atoms with Crippen LogP contribution in [0.1, 0.15) is 5.56 Å². The van der Waals surface area contributed by atoms with E-state index in [-0.39, 0.29) is 22.7 Å². The number of hydrogen-bond acceptors (Lipinski definition) is 5. The van der Waals surface area contributed by atoms with Crippen LogP contribution >= 0.6 is 27.7 Å². The lowest BCUT2D eigenvalue weighted by Gasteiger charge is -2.09. The molecule has 7 nitrogen and oxygen atoms in total. The summed E-state index contributed by atoms with van der Waals surface area (Å²) in [6.45, 7) is 2.00. The minimum Gasteiger partial charge on any atom is -0.325 e. The predicted molar refractivity (Wildman–Crippen MR) is 118 cm³/mol. The first-order chi connectivity index (χ1) is 14.0. The van der Waals surface area contributed by atoms with E-state index in [1.54, 1.807) is 4.57 Å². The molecule has 29 heavy (non-hydrogen) atoms. The molecular formula is C20H16BrN5O2S. The number of hydrogen-bond donors (Lipinski definition) is 2. The summed E-state index contributed by atoms with van der Waals surface area (Å²) in [5.74, 6) is -0.0305. The summed E-state index contributed by atoms with van der Waals surface area (Å²) in [4.78, 5) is 35.9. The minimum atomic E-state index is -0.318. The van der Waals surface area contributed by atoms with Gasteiger partial charge in [-0.3, -0.25) is 14.2 Å². The van der Waals surface area contributed by atoms with Crippen LogP contribution in [0, 0.1) is 6.92 Å². The highest BCUT2D eigenvalue weighted by molar-refractivity contribution is 9.10. The van der Waals surface area contributed by atoms with Gasteiger partial charge in [0.2, 0.25) is 5.91 Å². The number of carbonyl (C=O) groups excluding carboxylic acids is 1. The Morgan fingerprint density at radius 1 is 1.24 bits per heavy atom. The van der Waals surface area contributed by atoms with Crippen LogP contribution in [0.4, 0.5) is 5.69 Å². The molecule has 0 aliphatic rings. The molecule has 1 amide bonds.